The van der Waals surface area contributed by atoms with Crippen LogP contribution in [0.5, 0.6) is 5.75 Å². The topological polar surface area (TPSA) is 121 Å². The molecule has 2 aromatic carbocycles. The van der Waals surface area contributed by atoms with Crippen LogP contribution in [0.4, 0.5) is 0 Å². The Morgan fingerprint density at radius 1 is 1.11 bits per heavy atom. The summed E-state index contributed by atoms with van der Waals surface area (Å²) in [6.45, 7) is 6.00. The molecule has 194 valence electrons. The lowest BCUT2D eigenvalue weighted by molar-refractivity contribution is -0.131. The van der Waals surface area contributed by atoms with Gasteiger partial charge in [-0.25, -0.2) is 5.48 Å². The van der Waals surface area contributed by atoms with Gasteiger partial charge >= 0.3 is 0 Å². The summed E-state index contributed by atoms with van der Waals surface area (Å²) in [5, 5.41) is 23.8. The number of hydrogen-bond donors (Lipinski definition) is 4. The Hall–Kier alpha value is -3.75. The second-order valence-electron chi connectivity index (χ2n) is 9.90. The van der Waals surface area contributed by atoms with E-state index < -0.39 is 17.0 Å². The van der Waals surface area contributed by atoms with Gasteiger partial charge in [0, 0.05) is 27.7 Å². The van der Waals surface area contributed by atoms with Crippen LogP contribution in [0.25, 0.3) is 10.9 Å². The third-order valence-corrected chi connectivity index (χ3v) is 7.19. The number of amides is 2. The van der Waals surface area contributed by atoms with Crippen molar-refractivity contribution in [1.29, 1.82) is 0 Å². The largest absolute Gasteiger partial charge is 0.489 e. The monoisotopic (exact) mass is 503 g/mol. The normalized spacial score (nSPS) is 21.3. The fourth-order valence-corrected chi connectivity index (χ4v) is 4.94. The molecule has 0 saturated heterocycles. The van der Waals surface area contributed by atoms with Crippen molar-refractivity contribution in [3.8, 4) is 5.75 Å². The molecule has 4 N–H and O–H groups in total. The zero-order valence-corrected chi connectivity index (χ0v) is 21.0. The molecule has 1 aliphatic rings. The summed E-state index contributed by atoms with van der Waals surface area (Å²) in [5.41, 5.74) is 3.14. The zero-order valence-electron chi connectivity index (χ0n) is 21.0. The molecule has 1 fully saturated rings. The Morgan fingerprint density at radius 3 is 2.49 bits per heavy atom. The minimum atomic E-state index is -0.899. The highest BCUT2D eigenvalue weighted by atomic mass is 16.5. The van der Waals surface area contributed by atoms with Crippen LogP contribution < -0.4 is 15.5 Å². The molecule has 0 aliphatic heterocycles. The molecule has 1 heterocycles. The van der Waals surface area contributed by atoms with E-state index in [1.807, 2.05) is 31.2 Å². The lowest BCUT2D eigenvalue weighted by Gasteiger charge is -2.44. The lowest BCUT2D eigenvalue weighted by atomic mass is 9.71. The number of carbonyl (C=O) groups is 2. The molecule has 1 saturated carbocycles. The van der Waals surface area contributed by atoms with Gasteiger partial charge in [0.15, 0.2) is 0 Å². The van der Waals surface area contributed by atoms with Gasteiger partial charge in [0.25, 0.3) is 5.91 Å². The van der Waals surface area contributed by atoms with Crippen LogP contribution in [0.3, 0.4) is 0 Å². The highest BCUT2D eigenvalue weighted by molar-refractivity contribution is 5.95. The van der Waals surface area contributed by atoms with Crippen LogP contribution in [0.2, 0.25) is 0 Å². The van der Waals surface area contributed by atoms with Gasteiger partial charge in [-0.3, -0.25) is 19.8 Å². The maximum absolute atomic E-state index is 13.1. The quantitative estimate of drug-likeness (QED) is 0.196. The summed E-state index contributed by atoms with van der Waals surface area (Å²) in [5.74, 6) is -0.302. The summed E-state index contributed by atoms with van der Waals surface area (Å²) >= 11 is 0. The predicted molar refractivity (Wildman–Crippen MR) is 140 cm³/mol. The maximum Gasteiger partial charge on any atom is 0.251 e. The van der Waals surface area contributed by atoms with Crippen LogP contribution in [0, 0.1) is 6.92 Å². The molecule has 8 heteroatoms. The summed E-state index contributed by atoms with van der Waals surface area (Å²) < 4.78 is 5.95. The lowest BCUT2D eigenvalue weighted by Crippen LogP contribution is -2.55. The van der Waals surface area contributed by atoms with Crippen LogP contribution >= 0.6 is 0 Å². The molecule has 1 aliphatic carbocycles. The minimum Gasteiger partial charge on any atom is -0.489 e. The molecule has 0 bridgehead atoms. The van der Waals surface area contributed by atoms with Crippen molar-refractivity contribution >= 4 is 22.7 Å². The van der Waals surface area contributed by atoms with Crippen molar-refractivity contribution in [2.45, 2.75) is 63.2 Å². The number of pyridine rings is 1. The van der Waals surface area contributed by atoms with Gasteiger partial charge in [-0.05, 0) is 75.4 Å². The van der Waals surface area contributed by atoms with Crippen LogP contribution in [-0.2, 0) is 11.4 Å². The Bertz CT molecular complexity index is 1280. The Morgan fingerprint density at radius 2 is 1.81 bits per heavy atom. The smallest absolute Gasteiger partial charge is 0.251 e. The number of benzene rings is 2. The first-order valence-electron chi connectivity index (χ1n) is 12.4. The molecule has 0 radical (unpaired) electrons. The zero-order chi connectivity index (χ0) is 26.5. The van der Waals surface area contributed by atoms with Crippen molar-refractivity contribution in [3.05, 3.63) is 84.1 Å². The molecule has 37 heavy (non-hydrogen) atoms. The molecule has 1 aromatic heterocycles. The first-order valence-corrected chi connectivity index (χ1v) is 12.4. The first-order chi connectivity index (χ1) is 17.7. The minimum absolute atomic E-state index is 0.0836. The second-order valence-corrected chi connectivity index (χ2v) is 9.90. The van der Waals surface area contributed by atoms with Gasteiger partial charge in [0.2, 0.25) is 5.91 Å². The summed E-state index contributed by atoms with van der Waals surface area (Å²) in [4.78, 5) is 29.7. The van der Waals surface area contributed by atoms with Gasteiger partial charge < -0.3 is 15.2 Å². The van der Waals surface area contributed by atoms with E-state index >= 15 is 0 Å². The number of nitrogens with zero attached hydrogens (tertiary/aromatic N) is 1. The van der Waals surface area contributed by atoms with Gasteiger partial charge in [-0.2, -0.15) is 0 Å². The number of hydrogen-bond acceptors (Lipinski definition) is 6. The molecule has 0 unspecified atom stereocenters. The average Bonchev–Trinajstić information content (AvgIpc) is 2.89. The van der Waals surface area contributed by atoms with E-state index in [9.17, 15) is 14.7 Å². The van der Waals surface area contributed by atoms with Crippen LogP contribution in [-0.4, -0.2) is 38.3 Å². The van der Waals surface area contributed by atoms with Crippen molar-refractivity contribution in [2.24, 2.45) is 0 Å². The van der Waals surface area contributed by atoms with E-state index in [4.69, 9.17) is 9.94 Å². The summed E-state index contributed by atoms with van der Waals surface area (Å²) in [6.07, 6.45) is 3.65. The molecule has 0 spiro atoms. The molecule has 2 amide bonds. The van der Waals surface area contributed by atoms with Crippen LogP contribution in [0.1, 0.15) is 60.1 Å². The highest BCUT2D eigenvalue weighted by Gasteiger charge is 2.43. The highest BCUT2D eigenvalue weighted by Crippen LogP contribution is 2.39. The molecular weight excluding hydrogens is 470 g/mol. The van der Waals surface area contributed by atoms with Crippen LogP contribution in [0.15, 0.2) is 67.3 Å². The van der Waals surface area contributed by atoms with Crippen molar-refractivity contribution in [2.75, 3.05) is 0 Å². The number of aromatic nitrogens is 1. The van der Waals surface area contributed by atoms with Gasteiger partial charge in [0.05, 0.1) is 17.5 Å². The maximum atomic E-state index is 13.1. The van der Waals surface area contributed by atoms with Crippen molar-refractivity contribution in [3.63, 3.8) is 0 Å². The van der Waals surface area contributed by atoms with Gasteiger partial charge in [0.1, 0.15) is 12.4 Å². The number of rotatable bonds is 9. The number of para-hydroxylation sites is 1. The van der Waals surface area contributed by atoms with Gasteiger partial charge in [-0.15, -0.1) is 6.58 Å². The summed E-state index contributed by atoms with van der Waals surface area (Å²) in [6, 6.07) is 16.8. The third kappa shape index (κ3) is 6.34. The van der Waals surface area contributed by atoms with E-state index in [-0.39, 0.29) is 12.3 Å². The van der Waals surface area contributed by atoms with Crippen molar-refractivity contribution < 1.29 is 24.6 Å². The number of carbonyl (C=O) groups excluding carboxylic acids is 2. The fourth-order valence-electron chi connectivity index (χ4n) is 4.94. The third-order valence-electron chi connectivity index (χ3n) is 7.19. The van der Waals surface area contributed by atoms with E-state index in [0.29, 0.717) is 50.0 Å². The number of aliphatic hydroxyl groups is 1. The fraction of sp³-hybridized carbons (Fsp3) is 0.345. The number of fused-ring (bicyclic) bond motifs is 1. The van der Waals surface area contributed by atoms with E-state index in [2.05, 4.69) is 22.9 Å². The van der Waals surface area contributed by atoms with E-state index in [1.54, 1.807) is 35.8 Å². The molecule has 4 rings (SSSR count). The standard InChI is InChI=1S/C29H33N3O5/c1-3-12-29(35)15-13-28(14-16-29,18-26(33)32-36)31-27(34)21-8-10-24(11-9-21)37-19-23-17-22-6-4-5-7-25(22)30-20(23)2/h3-11,17,35-36H,1,12-16,18-19H2,2H3,(H,31,34)(H,32,33). The average molecular weight is 504 g/mol. The molecule has 0 atom stereocenters. The van der Waals surface area contributed by atoms with E-state index in [0.717, 1.165) is 22.2 Å². The second kappa shape index (κ2) is 11.1. The summed E-state index contributed by atoms with van der Waals surface area (Å²) in [7, 11) is 0. The number of nitrogens with one attached hydrogen (secondary N) is 2. The molecule has 3 aromatic rings. The Kier molecular flexibility index (Phi) is 7.90. The number of hydroxylamine groups is 1. The Labute approximate surface area is 216 Å². The number of ether oxygens (including phenoxy) is 1. The number of aryl methyl sites for hydroxylation is 1. The first kappa shape index (κ1) is 26.3. The SMILES string of the molecule is C=CCC1(O)CCC(CC(=O)NO)(NC(=O)c2ccc(OCc3cc4ccccc4nc3C)cc2)CC1. The van der Waals surface area contributed by atoms with Gasteiger partial charge in [-0.1, -0.05) is 24.3 Å². The molecule has 8 nitrogen and oxygen atoms in total. The Balaban J connectivity index is 1.41. The predicted octanol–water partition coefficient (Wildman–Crippen LogP) is 4.37. The van der Waals surface area contributed by atoms with Crippen molar-refractivity contribution in [1.82, 2.24) is 15.8 Å². The molecular formula is C29H33N3O5. The van der Waals surface area contributed by atoms with E-state index in [1.165, 1.54) is 0 Å².